The number of sulfone groups is 1. The molecule has 20 heavy (non-hydrogen) atoms. The highest BCUT2D eigenvalue weighted by Gasteiger charge is 2.36. The Morgan fingerprint density at radius 2 is 1.80 bits per heavy atom. The lowest BCUT2D eigenvalue weighted by molar-refractivity contribution is 0.284. The maximum atomic E-state index is 14.0. The molecule has 2 rings (SSSR count). The van der Waals surface area contributed by atoms with Crippen molar-refractivity contribution in [2.24, 2.45) is 5.73 Å². The first-order valence-corrected chi connectivity index (χ1v) is 8.26. The molecule has 3 N–H and O–H groups in total. The summed E-state index contributed by atoms with van der Waals surface area (Å²) in [4.78, 5) is -1.11. The van der Waals surface area contributed by atoms with Crippen LogP contribution in [0.25, 0.3) is 0 Å². The minimum Gasteiger partial charge on any atom is -0.505 e. The van der Waals surface area contributed by atoms with E-state index >= 15 is 0 Å². The van der Waals surface area contributed by atoms with Crippen molar-refractivity contribution >= 4 is 9.84 Å². The van der Waals surface area contributed by atoms with Gasteiger partial charge in [-0.3, -0.25) is 0 Å². The highest BCUT2D eigenvalue weighted by atomic mass is 32.2. The topological polar surface area (TPSA) is 80.4 Å². The van der Waals surface area contributed by atoms with Gasteiger partial charge in [-0.2, -0.15) is 0 Å². The van der Waals surface area contributed by atoms with Crippen LogP contribution >= 0.6 is 0 Å². The summed E-state index contributed by atoms with van der Waals surface area (Å²) in [7, 11) is -4.10. The molecule has 112 valence electrons. The Morgan fingerprint density at radius 1 is 1.25 bits per heavy atom. The van der Waals surface area contributed by atoms with Gasteiger partial charge < -0.3 is 10.8 Å². The van der Waals surface area contributed by atoms with Crippen LogP contribution in [-0.4, -0.2) is 19.8 Å². The Labute approximate surface area is 116 Å². The molecule has 1 aliphatic rings. The predicted octanol–water partition coefficient (Wildman–Crippen LogP) is 2.19. The molecule has 0 aromatic heterocycles. The van der Waals surface area contributed by atoms with Crippen LogP contribution in [0.1, 0.15) is 37.7 Å². The van der Waals surface area contributed by atoms with Gasteiger partial charge in [0.1, 0.15) is 10.7 Å². The summed E-state index contributed by atoms with van der Waals surface area (Å²) < 4.78 is 50.7. The lowest BCUT2D eigenvalue weighted by atomic mass is 9.77. The largest absolute Gasteiger partial charge is 0.505 e. The number of hydrogen-bond donors (Lipinski definition) is 2. The van der Waals surface area contributed by atoms with Crippen molar-refractivity contribution in [3.63, 3.8) is 0 Å². The molecule has 0 atom stereocenters. The van der Waals surface area contributed by atoms with Crippen LogP contribution in [0.5, 0.6) is 5.75 Å². The maximum Gasteiger partial charge on any atom is 0.186 e. The van der Waals surface area contributed by atoms with Gasteiger partial charge in [0.15, 0.2) is 21.4 Å². The number of benzene rings is 1. The van der Waals surface area contributed by atoms with E-state index in [2.05, 4.69) is 0 Å². The molecule has 4 nitrogen and oxygen atoms in total. The number of rotatable bonds is 2. The maximum absolute atomic E-state index is 14.0. The number of aromatic hydroxyl groups is 1. The first kappa shape index (κ1) is 15.2. The molecule has 1 aromatic rings. The SMILES string of the molecule is CS(=O)(=O)c1c(F)cc(C2(N)CCCCC2)c(O)c1F. The van der Waals surface area contributed by atoms with E-state index in [-0.39, 0.29) is 5.56 Å². The van der Waals surface area contributed by atoms with E-state index in [1.807, 2.05) is 0 Å². The molecule has 1 saturated carbocycles. The fourth-order valence-corrected chi connectivity index (χ4v) is 3.60. The van der Waals surface area contributed by atoms with Gasteiger partial charge in [-0.1, -0.05) is 19.3 Å². The van der Waals surface area contributed by atoms with Crippen molar-refractivity contribution in [2.45, 2.75) is 42.5 Å². The van der Waals surface area contributed by atoms with Crippen LogP contribution < -0.4 is 5.73 Å². The Hall–Kier alpha value is -1.21. The number of halogens is 2. The molecule has 0 saturated heterocycles. The lowest BCUT2D eigenvalue weighted by Crippen LogP contribution is -2.39. The molecule has 1 fully saturated rings. The van der Waals surface area contributed by atoms with Crippen LogP contribution in [0, 0.1) is 11.6 Å². The number of hydrogen-bond acceptors (Lipinski definition) is 4. The Kier molecular flexibility index (Phi) is 3.77. The van der Waals surface area contributed by atoms with Gasteiger partial charge in [0, 0.05) is 17.4 Å². The highest BCUT2D eigenvalue weighted by molar-refractivity contribution is 7.90. The summed E-state index contributed by atoms with van der Waals surface area (Å²) in [6, 6.07) is 0.847. The van der Waals surface area contributed by atoms with Crippen molar-refractivity contribution in [3.8, 4) is 5.75 Å². The highest BCUT2D eigenvalue weighted by Crippen LogP contribution is 2.42. The molecule has 0 amide bonds. The third-order valence-corrected chi connectivity index (χ3v) is 4.92. The second-order valence-corrected chi connectivity index (χ2v) is 7.34. The summed E-state index contributed by atoms with van der Waals surface area (Å²) >= 11 is 0. The third-order valence-electron chi connectivity index (χ3n) is 3.80. The van der Waals surface area contributed by atoms with Gasteiger partial charge in [0.2, 0.25) is 0 Å². The molecular weight excluding hydrogens is 288 g/mol. The normalized spacial score (nSPS) is 19.0. The molecule has 0 unspecified atom stereocenters. The van der Waals surface area contributed by atoms with E-state index in [0.29, 0.717) is 19.1 Å². The van der Waals surface area contributed by atoms with Crippen molar-refractivity contribution in [3.05, 3.63) is 23.3 Å². The van der Waals surface area contributed by atoms with Crippen molar-refractivity contribution in [1.82, 2.24) is 0 Å². The average molecular weight is 305 g/mol. The monoisotopic (exact) mass is 305 g/mol. The molecule has 0 aliphatic heterocycles. The Balaban J connectivity index is 2.64. The quantitative estimate of drug-likeness (QED) is 0.877. The fraction of sp³-hybridized carbons (Fsp3) is 0.538. The third kappa shape index (κ3) is 2.52. The second kappa shape index (κ2) is 4.96. The summed E-state index contributed by atoms with van der Waals surface area (Å²) in [6.45, 7) is 0. The van der Waals surface area contributed by atoms with Crippen molar-refractivity contribution < 1.29 is 22.3 Å². The van der Waals surface area contributed by atoms with Crippen LogP contribution in [0.4, 0.5) is 8.78 Å². The van der Waals surface area contributed by atoms with E-state index < -0.39 is 37.7 Å². The minimum atomic E-state index is -4.10. The molecule has 0 radical (unpaired) electrons. The van der Waals surface area contributed by atoms with Gasteiger partial charge in [-0.25, -0.2) is 17.2 Å². The van der Waals surface area contributed by atoms with Gasteiger partial charge in [0.25, 0.3) is 0 Å². The van der Waals surface area contributed by atoms with Gasteiger partial charge >= 0.3 is 0 Å². The molecule has 0 bridgehead atoms. The zero-order valence-electron chi connectivity index (χ0n) is 11.1. The van der Waals surface area contributed by atoms with Gasteiger partial charge in [-0.05, 0) is 18.9 Å². The van der Waals surface area contributed by atoms with Gasteiger partial charge in [-0.15, -0.1) is 0 Å². The lowest BCUT2D eigenvalue weighted by Gasteiger charge is -2.34. The summed E-state index contributed by atoms with van der Waals surface area (Å²) in [5.74, 6) is -3.54. The van der Waals surface area contributed by atoms with Crippen molar-refractivity contribution in [2.75, 3.05) is 6.26 Å². The predicted molar refractivity (Wildman–Crippen MR) is 70.1 cm³/mol. The van der Waals surface area contributed by atoms with Crippen LogP contribution in [0.3, 0.4) is 0 Å². The zero-order chi connectivity index (χ0) is 15.1. The number of phenols is 1. The molecule has 1 aliphatic carbocycles. The molecule has 0 heterocycles. The van der Waals surface area contributed by atoms with E-state index in [4.69, 9.17) is 5.73 Å². The summed E-state index contributed by atoms with van der Waals surface area (Å²) in [5, 5.41) is 9.90. The van der Waals surface area contributed by atoms with Crippen LogP contribution in [-0.2, 0) is 15.4 Å². The second-order valence-electron chi connectivity index (χ2n) is 5.39. The minimum absolute atomic E-state index is 0.0559. The fourth-order valence-electron chi connectivity index (χ4n) is 2.76. The van der Waals surface area contributed by atoms with E-state index in [0.717, 1.165) is 25.3 Å². The molecule has 1 aromatic carbocycles. The zero-order valence-corrected chi connectivity index (χ0v) is 11.9. The van der Waals surface area contributed by atoms with Gasteiger partial charge in [0.05, 0.1) is 0 Å². The summed E-state index contributed by atoms with van der Waals surface area (Å²) in [6.07, 6.45) is 4.26. The summed E-state index contributed by atoms with van der Waals surface area (Å²) in [5.41, 5.74) is 5.07. The Morgan fingerprint density at radius 3 is 2.30 bits per heavy atom. The van der Waals surface area contributed by atoms with E-state index in [1.165, 1.54) is 0 Å². The molecular formula is C13H17F2NO3S. The van der Waals surface area contributed by atoms with Crippen LogP contribution in [0.15, 0.2) is 11.0 Å². The molecule has 0 spiro atoms. The molecule has 7 heteroatoms. The average Bonchev–Trinajstić information content (AvgIpc) is 2.33. The van der Waals surface area contributed by atoms with E-state index in [9.17, 15) is 22.3 Å². The first-order chi connectivity index (χ1) is 9.17. The van der Waals surface area contributed by atoms with E-state index in [1.54, 1.807) is 0 Å². The number of phenolic OH excluding ortho intramolecular Hbond substituents is 1. The standard InChI is InChI=1S/C13H17F2NO3S/c1-20(18,19)12-9(14)7-8(11(17)10(12)15)13(16)5-3-2-4-6-13/h7,17H,2-6,16H2,1H3. The Bertz CT molecular complexity index is 638. The van der Waals surface area contributed by atoms with Crippen LogP contribution in [0.2, 0.25) is 0 Å². The first-order valence-electron chi connectivity index (χ1n) is 6.37. The number of nitrogens with two attached hydrogens (primary N) is 1. The van der Waals surface area contributed by atoms with Crippen molar-refractivity contribution in [1.29, 1.82) is 0 Å². The smallest absolute Gasteiger partial charge is 0.186 e.